The maximum atomic E-state index is 11.5. The zero-order chi connectivity index (χ0) is 13.4. The summed E-state index contributed by atoms with van der Waals surface area (Å²) in [6.45, 7) is 4.30. The summed E-state index contributed by atoms with van der Waals surface area (Å²) in [4.78, 5) is 13.6. The van der Waals surface area contributed by atoms with Crippen molar-refractivity contribution in [2.45, 2.75) is 13.3 Å². The highest BCUT2D eigenvalue weighted by Crippen LogP contribution is 2.08. The second-order valence-corrected chi connectivity index (χ2v) is 4.70. The SMILES string of the molecule is Cc1cccc(NCCC(=O)NCCN(C)C)c1. The lowest BCUT2D eigenvalue weighted by Gasteiger charge is -2.11. The van der Waals surface area contributed by atoms with E-state index in [2.05, 4.69) is 29.7 Å². The molecule has 1 aromatic rings. The average Bonchev–Trinajstić information content (AvgIpc) is 2.28. The monoisotopic (exact) mass is 249 g/mol. The third kappa shape index (κ3) is 6.25. The number of likely N-dealkylation sites (N-methyl/N-ethyl adjacent to an activating group) is 1. The Morgan fingerprint density at radius 2 is 2.06 bits per heavy atom. The van der Waals surface area contributed by atoms with Gasteiger partial charge in [0.05, 0.1) is 0 Å². The van der Waals surface area contributed by atoms with Crippen LogP contribution in [-0.2, 0) is 4.79 Å². The highest BCUT2D eigenvalue weighted by Gasteiger charge is 2.00. The number of rotatable bonds is 7. The quantitative estimate of drug-likeness (QED) is 0.769. The van der Waals surface area contributed by atoms with E-state index in [-0.39, 0.29) is 5.91 Å². The fourth-order valence-electron chi connectivity index (χ4n) is 1.58. The van der Waals surface area contributed by atoms with E-state index in [1.165, 1.54) is 5.56 Å². The maximum Gasteiger partial charge on any atom is 0.221 e. The van der Waals surface area contributed by atoms with Crippen molar-refractivity contribution in [3.63, 3.8) is 0 Å². The number of carbonyl (C=O) groups excluding carboxylic acids is 1. The van der Waals surface area contributed by atoms with Crippen LogP contribution < -0.4 is 10.6 Å². The van der Waals surface area contributed by atoms with Crippen LogP contribution in [0.4, 0.5) is 5.69 Å². The number of carbonyl (C=O) groups is 1. The highest BCUT2D eigenvalue weighted by molar-refractivity contribution is 5.76. The van der Waals surface area contributed by atoms with Crippen molar-refractivity contribution in [3.05, 3.63) is 29.8 Å². The van der Waals surface area contributed by atoms with Crippen LogP contribution in [0.15, 0.2) is 24.3 Å². The van der Waals surface area contributed by atoms with Crippen molar-refractivity contribution >= 4 is 11.6 Å². The van der Waals surface area contributed by atoms with Crippen LogP contribution in [0.1, 0.15) is 12.0 Å². The summed E-state index contributed by atoms with van der Waals surface area (Å²) in [7, 11) is 3.98. The smallest absolute Gasteiger partial charge is 0.221 e. The Morgan fingerprint density at radius 1 is 1.28 bits per heavy atom. The molecule has 0 atom stereocenters. The Morgan fingerprint density at radius 3 is 2.72 bits per heavy atom. The van der Waals surface area contributed by atoms with Crippen molar-refractivity contribution < 1.29 is 4.79 Å². The molecule has 0 bridgehead atoms. The molecule has 0 aliphatic rings. The molecule has 0 unspecified atom stereocenters. The summed E-state index contributed by atoms with van der Waals surface area (Å²) < 4.78 is 0. The standard InChI is InChI=1S/C14H23N3O/c1-12-5-4-6-13(11-12)15-8-7-14(18)16-9-10-17(2)3/h4-6,11,15H,7-10H2,1-3H3,(H,16,18). The Balaban J connectivity index is 2.15. The number of benzene rings is 1. The lowest BCUT2D eigenvalue weighted by molar-refractivity contribution is -0.120. The second kappa shape index (κ2) is 7.71. The maximum absolute atomic E-state index is 11.5. The van der Waals surface area contributed by atoms with E-state index in [1.807, 2.05) is 31.1 Å². The third-order valence-corrected chi connectivity index (χ3v) is 2.58. The van der Waals surface area contributed by atoms with Gasteiger partial charge < -0.3 is 15.5 Å². The molecule has 1 rings (SSSR count). The molecule has 4 nitrogen and oxygen atoms in total. The van der Waals surface area contributed by atoms with E-state index >= 15 is 0 Å². The van der Waals surface area contributed by atoms with E-state index < -0.39 is 0 Å². The molecule has 18 heavy (non-hydrogen) atoms. The van der Waals surface area contributed by atoms with Crippen LogP contribution in [0.3, 0.4) is 0 Å². The van der Waals surface area contributed by atoms with E-state index in [9.17, 15) is 4.79 Å². The topological polar surface area (TPSA) is 44.4 Å². The minimum Gasteiger partial charge on any atom is -0.385 e. The van der Waals surface area contributed by atoms with Gasteiger partial charge in [-0.3, -0.25) is 4.79 Å². The first-order valence-electron chi connectivity index (χ1n) is 6.30. The summed E-state index contributed by atoms with van der Waals surface area (Å²) in [5, 5.41) is 6.14. The van der Waals surface area contributed by atoms with Crippen LogP contribution in [-0.4, -0.2) is 44.5 Å². The van der Waals surface area contributed by atoms with Gasteiger partial charge >= 0.3 is 0 Å². The fourth-order valence-corrected chi connectivity index (χ4v) is 1.58. The van der Waals surface area contributed by atoms with Gasteiger partial charge in [0.15, 0.2) is 0 Å². The number of aryl methyl sites for hydroxylation is 1. The van der Waals surface area contributed by atoms with Crippen LogP contribution in [0.25, 0.3) is 0 Å². The van der Waals surface area contributed by atoms with Crippen molar-refractivity contribution in [1.29, 1.82) is 0 Å². The fraction of sp³-hybridized carbons (Fsp3) is 0.500. The predicted molar refractivity (Wildman–Crippen MR) is 75.8 cm³/mol. The van der Waals surface area contributed by atoms with E-state index in [4.69, 9.17) is 0 Å². The van der Waals surface area contributed by atoms with Crippen molar-refractivity contribution in [3.8, 4) is 0 Å². The van der Waals surface area contributed by atoms with Gasteiger partial charge in [0.1, 0.15) is 0 Å². The van der Waals surface area contributed by atoms with E-state index in [0.29, 0.717) is 19.5 Å². The zero-order valence-electron chi connectivity index (χ0n) is 11.5. The number of hydrogen-bond acceptors (Lipinski definition) is 3. The molecule has 0 fully saturated rings. The number of nitrogens with one attached hydrogen (secondary N) is 2. The van der Waals surface area contributed by atoms with Crippen LogP contribution in [0, 0.1) is 6.92 Å². The molecule has 0 saturated heterocycles. The van der Waals surface area contributed by atoms with Crippen LogP contribution >= 0.6 is 0 Å². The summed E-state index contributed by atoms with van der Waals surface area (Å²) in [6.07, 6.45) is 0.501. The molecule has 0 spiro atoms. The van der Waals surface area contributed by atoms with Crippen LogP contribution in [0.2, 0.25) is 0 Å². The third-order valence-electron chi connectivity index (χ3n) is 2.58. The largest absolute Gasteiger partial charge is 0.385 e. The minimum absolute atomic E-state index is 0.0944. The van der Waals surface area contributed by atoms with Gasteiger partial charge in [0.2, 0.25) is 5.91 Å². The van der Waals surface area contributed by atoms with Gasteiger partial charge in [-0.05, 0) is 38.7 Å². The Hall–Kier alpha value is -1.55. The van der Waals surface area contributed by atoms with Gasteiger partial charge in [0, 0.05) is 31.7 Å². The molecule has 4 heteroatoms. The number of amides is 1. The molecule has 0 aromatic heterocycles. The minimum atomic E-state index is 0.0944. The zero-order valence-corrected chi connectivity index (χ0v) is 11.5. The molecule has 100 valence electrons. The van der Waals surface area contributed by atoms with E-state index in [1.54, 1.807) is 0 Å². The predicted octanol–water partition coefficient (Wildman–Crippen LogP) is 1.47. The number of anilines is 1. The summed E-state index contributed by atoms with van der Waals surface area (Å²) in [6, 6.07) is 8.15. The molecule has 2 N–H and O–H groups in total. The van der Waals surface area contributed by atoms with Gasteiger partial charge in [-0.2, -0.15) is 0 Å². The summed E-state index contributed by atoms with van der Waals surface area (Å²) in [5.41, 5.74) is 2.28. The molecular weight excluding hydrogens is 226 g/mol. The Bertz CT molecular complexity index is 377. The molecule has 1 amide bonds. The highest BCUT2D eigenvalue weighted by atomic mass is 16.1. The normalized spacial score (nSPS) is 10.4. The number of hydrogen-bond donors (Lipinski definition) is 2. The van der Waals surface area contributed by atoms with Gasteiger partial charge in [-0.1, -0.05) is 12.1 Å². The van der Waals surface area contributed by atoms with Crippen molar-refractivity contribution in [2.75, 3.05) is 39.0 Å². The summed E-state index contributed by atoms with van der Waals surface area (Å²) >= 11 is 0. The average molecular weight is 249 g/mol. The number of nitrogens with zero attached hydrogens (tertiary/aromatic N) is 1. The second-order valence-electron chi connectivity index (χ2n) is 4.70. The van der Waals surface area contributed by atoms with Crippen LogP contribution in [0.5, 0.6) is 0 Å². The summed E-state index contributed by atoms with van der Waals surface area (Å²) in [5.74, 6) is 0.0944. The lowest BCUT2D eigenvalue weighted by atomic mass is 10.2. The first-order valence-corrected chi connectivity index (χ1v) is 6.30. The Kier molecular flexibility index (Phi) is 6.22. The van der Waals surface area contributed by atoms with Crippen molar-refractivity contribution in [2.24, 2.45) is 0 Å². The first kappa shape index (κ1) is 14.5. The molecule has 0 aliphatic heterocycles. The lowest BCUT2D eigenvalue weighted by Crippen LogP contribution is -2.32. The molecule has 0 heterocycles. The van der Waals surface area contributed by atoms with E-state index in [0.717, 1.165) is 12.2 Å². The molecular formula is C14H23N3O. The molecule has 0 aliphatic carbocycles. The Labute approximate surface area is 109 Å². The van der Waals surface area contributed by atoms with Gasteiger partial charge in [-0.25, -0.2) is 0 Å². The van der Waals surface area contributed by atoms with Gasteiger partial charge in [0.25, 0.3) is 0 Å². The first-order chi connectivity index (χ1) is 8.58. The molecule has 0 radical (unpaired) electrons. The molecule has 0 saturated carbocycles. The molecule has 1 aromatic carbocycles. The van der Waals surface area contributed by atoms with Crippen molar-refractivity contribution in [1.82, 2.24) is 10.2 Å². The van der Waals surface area contributed by atoms with Gasteiger partial charge in [-0.15, -0.1) is 0 Å².